The third-order valence-electron chi connectivity index (χ3n) is 9.14. The fraction of sp³-hybridized carbons (Fsp3) is 0.342. The highest BCUT2D eigenvalue weighted by Crippen LogP contribution is 2.54. The second-order valence-electron chi connectivity index (χ2n) is 12.0. The van der Waals surface area contributed by atoms with Gasteiger partial charge in [-0.15, -0.1) is 0 Å². The standard InChI is InChI=1S/C38H39NO3/c1-3-26-14-16-29(17-15-26)33(34-21-20-32(28-18-19-28)37(39-34)40-2)24-27-22-23-38(25-27)41-35(30-10-6-4-7-11-30)36(42-38)31-12-8-5-9-13-31/h4-17,20-21,24,27-28,35-36H,3,18-19,22-23,25H2,1-2H3/b33-24+/t27-,35-,36-/m1/s1. The molecule has 3 fully saturated rings. The number of hydrogen-bond acceptors (Lipinski definition) is 4. The van der Waals surface area contributed by atoms with Crippen molar-refractivity contribution in [3.63, 3.8) is 0 Å². The molecule has 3 aromatic carbocycles. The lowest BCUT2D eigenvalue weighted by Gasteiger charge is -2.23. The van der Waals surface area contributed by atoms with Crippen molar-refractivity contribution in [3.05, 3.63) is 137 Å². The van der Waals surface area contributed by atoms with Crippen molar-refractivity contribution in [2.75, 3.05) is 7.11 Å². The lowest BCUT2D eigenvalue weighted by molar-refractivity contribution is -0.171. The third kappa shape index (κ3) is 5.42. The molecule has 214 valence electrons. The van der Waals surface area contributed by atoms with E-state index in [-0.39, 0.29) is 12.2 Å². The predicted octanol–water partition coefficient (Wildman–Crippen LogP) is 8.99. The molecule has 1 aliphatic heterocycles. The van der Waals surface area contributed by atoms with E-state index in [1.807, 2.05) is 0 Å². The summed E-state index contributed by atoms with van der Waals surface area (Å²) in [4.78, 5) is 5.05. The summed E-state index contributed by atoms with van der Waals surface area (Å²) in [5.41, 5.74) is 8.17. The van der Waals surface area contributed by atoms with Crippen LogP contribution in [0.5, 0.6) is 5.88 Å². The minimum atomic E-state index is -0.611. The van der Waals surface area contributed by atoms with E-state index in [1.165, 1.54) is 29.5 Å². The van der Waals surface area contributed by atoms with Crippen molar-refractivity contribution in [1.82, 2.24) is 4.98 Å². The number of allylic oxidation sites excluding steroid dienone is 1. The molecule has 0 amide bonds. The van der Waals surface area contributed by atoms with Gasteiger partial charge in [0, 0.05) is 24.0 Å². The maximum absolute atomic E-state index is 6.91. The van der Waals surface area contributed by atoms with E-state index in [0.29, 0.717) is 11.8 Å². The highest BCUT2D eigenvalue weighted by Gasteiger charge is 2.52. The zero-order chi connectivity index (χ0) is 28.5. The number of methoxy groups -OCH3 is 1. The van der Waals surface area contributed by atoms with Crippen LogP contribution < -0.4 is 4.74 Å². The van der Waals surface area contributed by atoms with Crippen molar-refractivity contribution in [1.29, 1.82) is 0 Å². The van der Waals surface area contributed by atoms with Gasteiger partial charge >= 0.3 is 0 Å². The second kappa shape index (κ2) is 11.5. The van der Waals surface area contributed by atoms with E-state index in [0.717, 1.165) is 54.0 Å². The van der Waals surface area contributed by atoms with Crippen molar-refractivity contribution < 1.29 is 14.2 Å². The Morgan fingerprint density at radius 3 is 2.05 bits per heavy atom. The zero-order valence-electron chi connectivity index (χ0n) is 24.5. The Balaban J connectivity index is 1.21. The molecular formula is C38H39NO3. The van der Waals surface area contributed by atoms with E-state index in [2.05, 4.69) is 110 Å². The topological polar surface area (TPSA) is 40.6 Å². The zero-order valence-corrected chi connectivity index (χ0v) is 24.5. The summed E-state index contributed by atoms with van der Waals surface area (Å²) in [5.74, 6) is 1.03. The molecular weight excluding hydrogens is 518 g/mol. The van der Waals surface area contributed by atoms with Gasteiger partial charge < -0.3 is 14.2 Å². The quantitative estimate of drug-likeness (QED) is 0.217. The maximum Gasteiger partial charge on any atom is 0.217 e. The van der Waals surface area contributed by atoms with Gasteiger partial charge in [0.2, 0.25) is 5.88 Å². The molecule has 3 atom stereocenters. The molecule has 42 heavy (non-hydrogen) atoms. The van der Waals surface area contributed by atoms with Crippen molar-refractivity contribution in [2.45, 2.75) is 69.4 Å². The van der Waals surface area contributed by atoms with Gasteiger partial charge in [0.1, 0.15) is 12.2 Å². The van der Waals surface area contributed by atoms with Crippen LogP contribution in [0.4, 0.5) is 0 Å². The van der Waals surface area contributed by atoms with Gasteiger partial charge in [0.15, 0.2) is 5.79 Å². The largest absolute Gasteiger partial charge is 0.481 e. The summed E-state index contributed by atoms with van der Waals surface area (Å²) in [6.07, 6.45) is 8.26. The number of hydrogen-bond donors (Lipinski definition) is 0. The molecule has 4 aromatic rings. The van der Waals surface area contributed by atoms with Crippen molar-refractivity contribution >= 4 is 5.57 Å². The van der Waals surface area contributed by atoms with E-state index >= 15 is 0 Å². The molecule has 1 saturated heterocycles. The minimum Gasteiger partial charge on any atom is -0.481 e. The fourth-order valence-electron chi connectivity index (χ4n) is 6.71. The highest BCUT2D eigenvalue weighted by molar-refractivity contribution is 5.78. The molecule has 2 aliphatic carbocycles. The van der Waals surface area contributed by atoms with E-state index in [4.69, 9.17) is 19.2 Å². The average Bonchev–Trinajstić information content (AvgIpc) is 3.73. The Labute approximate surface area is 249 Å². The number of benzene rings is 3. The second-order valence-corrected chi connectivity index (χ2v) is 12.0. The Morgan fingerprint density at radius 1 is 0.833 bits per heavy atom. The van der Waals surface area contributed by atoms with Crippen LogP contribution in [0.3, 0.4) is 0 Å². The van der Waals surface area contributed by atoms with Crippen LogP contribution in [0.15, 0.2) is 103 Å². The first kappa shape index (κ1) is 27.1. The van der Waals surface area contributed by atoms with Gasteiger partial charge in [-0.1, -0.05) is 104 Å². The Hall–Kier alpha value is -3.73. The summed E-state index contributed by atoms with van der Waals surface area (Å²) >= 11 is 0. The first-order valence-electron chi connectivity index (χ1n) is 15.5. The molecule has 2 heterocycles. The number of nitrogens with zero attached hydrogens (tertiary/aromatic N) is 1. The molecule has 0 radical (unpaired) electrons. The molecule has 1 aromatic heterocycles. The van der Waals surface area contributed by atoms with Crippen LogP contribution in [-0.4, -0.2) is 17.9 Å². The summed E-state index contributed by atoms with van der Waals surface area (Å²) in [5, 5.41) is 0. The van der Waals surface area contributed by atoms with Crippen LogP contribution >= 0.6 is 0 Å². The molecule has 7 rings (SSSR count). The lowest BCUT2D eigenvalue weighted by atomic mass is 9.94. The van der Waals surface area contributed by atoms with Gasteiger partial charge in [0.05, 0.1) is 12.8 Å². The number of ether oxygens (including phenoxy) is 3. The maximum atomic E-state index is 6.91. The molecule has 2 saturated carbocycles. The molecule has 4 nitrogen and oxygen atoms in total. The van der Waals surface area contributed by atoms with Crippen LogP contribution in [0.1, 0.15) is 90.7 Å². The van der Waals surface area contributed by atoms with E-state index < -0.39 is 5.79 Å². The predicted molar refractivity (Wildman–Crippen MR) is 166 cm³/mol. The van der Waals surface area contributed by atoms with E-state index in [9.17, 15) is 0 Å². The molecule has 4 heteroatoms. The van der Waals surface area contributed by atoms with Crippen LogP contribution in [0.25, 0.3) is 5.57 Å². The first-order valence-corrected chi connectivity index (χ1v) is 15.5. The van der Waals surface area contributed by atoms with Crippen molar-refractivity contribution in [3.8, 4) is 5.88 Å². The normalized spacial score (nSPS) is 23.4. The van der Waals surface area contributed by atoms with Crippen LogP contribution in [0.2, 0.25) is 0 Å². The summed E-state index contributed by atoms with van der Waals surface area (Å²) in [7, 11) is 1.74. The number of rotatable bonds is 8. The Bertz CT molecular complexity index is 1500. The van der Waals surface area contributed by atoms with E-state index in [1.54, 1.807) is 7.11 Å². The van der Waals surface area contributed by atoms with Crippen molar-refractivity contribution in [2.24, 2.45) is 5.92 Å². The smallest absolute Gasteiger partial charge is 0.217 e. The summed E-state index contributed by atoms with van der Waals surface area (Å²) in [6.45, 7) is 2.19. The molecule has 0 N–H and O–H groups in total. The van der Waals surface area contributed by atoms with Gasteiger partial charge in [-0.25, -0.2) is 4.98 Å². The first-order chi connectivity index (χ1) is 20.6. The van der Waals surface area contributed by atoms with Gasteiger partial charge in [0.25, 0.3) is 0 Å². The van der Waals surface area contributed by atoms with Gasteiger partial charge in [-0.05, 0) is 65.8 Å². The highest BCUT2D eigenvalue weighted by atomic mass is 16.8. The summed E-state index contributed by atoms with van der Waals surface area (Å²) in [6, 6.07) is 34.4. The number of aromatic nitrogens is 1. The summed E-state index contributed by atoms with van der Waals surface area (Å²) < 4.78 is 19.6. The lowest BCUT2D eigenvalue weighted by Crippen LogP contribution is -2.26. The Kier molecular flexibility index (Phi) is 7.43. The van der Waals surface area contributed by atoms with Crippen LogP contribution in [0, 0.1) is 5.92 Å². The number of aryl methyl sites for hydroxylation is 1. The van der Waals surface area contributed by atoms with Gasteiger partial charge in [-0.2, -0.15) is 0 Å². The SMILES string of the molecule is CCc1ccc(/C(=C\[C@H]2CCC3(C2)O[C@H](c2ccccc2)[C@@H](c2ccccc2)O3)c2ccc(C3CC3)c(OC)n2)cc1. The number of pyridine rings is 1. The molecule has 1 spiro atoms. The molecule has 0 unspecified atom stereocenters. The monoisotopic (exact) mass is 557 g/mol. The van der Waals surface area contributed by atoms with Crippen LogP contribution in [-0.2, 0) is 15.9 Å². The van der Waals surface area contributed by atoms with Gasteiger partial charge in [-0.3, -0.25) is 0 Å². The molecule has 0 bridgehead atoms. The average molecular weight is 558 g/mol. The Morgan fingerprint density at radius 2 is 1.48 bits per heavy atom. The minimum absolute atomic E-state index is 0.140. The third-order valence-corrected chi connectivity index (χ3v) is 9.14. The molecule has 3 aliphatic rings. The fourth-order valence-corrected chi connectivity index (χ4v) is 6.71.